The molecule has 0 fully saturated rings. The number of nitrogens with zero attached hydrogens (tertiary/aromatic N) is 2. The molecule has 3 nitrogen and oxygen atoms in total. The summed E-state index contributed by atoms with van der Waals surface area (Å²) in [5.74, 6) is -0.700. The van der Waals surface area contributed by atoms with Gasteiger partial charge in [0.25, 0.3) is 0 Å². The van der Waals surface area contributed by atoms with Crippen molar-refractivity contribution in [1.29, 1.82) is 5.26 Å². The molecule has 0 spiro atoms. The Labute approximate surface area is 95.6 Å². The zero-order valence-corrected chi connectivity index (χ0v) is 9.11. The molecule has 8 heteroatoms. The smallest absolute Gasteiger partial charge is 0.401 e. The van der Waals surface area contributed by atoms with Crippen molar-refractivity contribution < 1.29 is 17.9 Å². The number of ether oxygens (including phenoxy) is 1. The minimum Gasteiger partial charge on any atom is -0.401 e. The van der Waals surface area contributed by atoms with Crippen LogP contribution in [0, 0.1) is 11.3 Å². The highest BCUT2D eigenvalue weighted by Crippen LogP contribution is 2.33. The number of aromatic nitrogens is 1. The van der Waals surface area contributed by atoms with Crippen LogP contribution in [0.2, 0.25) is 5.15 Å². The predicted molar refractivity (Wildman–Crippen MR) is 48.3 cm³/mol. The van der Waals surface area contributed by atoms with Crippen molar-refractivity contribution in [2.24, 2.45) is 0 Å². The average Bonchev–Trinajstić information content (AvgIpc) is 2.07. The Morgan fingerprint density at radius 2 is 2.13 bits per heavy atom. The third-order valence-electron chi connectivity index (χ3n) is 1.24. The Balaban J connectivity index is 3.23. The Kier molecular flexibility index (Phi) is 3.42. The third kappa shape index (κ3) is 3.25. The highest BCUT2D eigenvalue weighted by Gasteiger charge is 2.33. The molecule has 0 saturated heterocycles. The van der Waals surface area contributed by atoms with E-state index in [2.05, 4.69) is 25.7 Å². The van der Waals surface area contributed by atoms with Crippen LogP contribution < -0.4 is 4.74 Å². The molecule has 0 saturated carbocycles. The molecule has 0 amide bonds. The van der Waals surface area contributed by atoms with Gasteiger partial charge < -0.3 is 4.74 Å². The minimum absolute atomic E-state index is 0.104. The second-order valence-electron chi connectivity index (χ2n) is 2.27. The maximum absolute atomic E-state index is 11.9. The van der Waals surface area contributed by atoms with Crippen molar-refractivity contribution in [3.63, 3.8) is 0 Å². The monoisotopic (exact) mass is 300 g/mol. The van der Waals surface area contributed by atoms with Gasteiger partial charge in [-0.05, 0) is 22.0 Å². The van der Waals surface area contributed by atoms with Crippen LogP contribution >= 0.6 is 27.5 Å². The molecule has 0 atom stereocenters. The molecule has 1 aromatic heterocycles. The number of alkyl halides is 3. The van der Waals surface area contributed by atoms with E-state index in [9.17, 15) is 13.2 Å². The van der Waals surface area contributed by atoms with Gasteiger partial charge in [0.05, 0.1) is 0 Å². The van der Waals surface area contributed by atoms with Crippen molar-refractivity contribution >= 4 is 27.5 Å². The van der Waals surface area contributed by atoms with Crippen LogP contribution in [-0.2, 0) is 0 Å². The van der Waals surface area contributed by atoms with Crippen LogP contribution in [0.5, 0.6) is 5.75 Å². The van der Waals surface area contributed by atoms with Gasteiger partial charge in [-0.2, -0.15) is 5.26 Å². The summed E-state index contributed by atoms with van der Waals surface area (Å²) in [6.07, 6.45) is -4.89. The topological polar surface area (TPSA) is 45.9 Å². The number of hydrogen-bond donors (Lipinski definition) is 0. The summed E-state index contributed by atoms with van der Waals surface area (Å²) in [5, 5.41) is 8.46. The molecular formula is C7HBrClF3N2O. The first-order valence-corrected chi connectivity index (χ1v) is 4.52. The fourth-order valence-electron chi connectivity index (χ4n) is 0.768. The molecule has 0 radical (unpaired) electrons. The van der Waals surface area contributed by atoms with Crippen molar-refractivity contribution in [2.45, 2.75) is 6.36 Å². The lowest BCUT2D eigenvalue weighted by Crippen LogP contribution is -2.18. The van der Waals surface area contributed by atoms with Crippen molar-refractivity contribution in [1.82, 2.24) is 4.98 Å². The fourth-order valence-corrected chi connectivity index (χ4v) is 1.55. The summed E-state index contributed by atoms with van der Waals surface area (Å²) in [4.78, 5) is 3.47. The summed E-state index contributed by atoms with van der Waals surface area (Å²) in [6, 6.07) is 2.50. The van der Waals surface area contributed by atoms with E-state index in [1.54, 1.807) is 0 Å². The number of hydrogen-bond acceptors (Lipinski definition) is 3. The second kappa shape index (κ2) is 4.24. The quantitative estimate of drug-likeness (QED) is 0.748. The van der Waals surface area contributed by atoms with Gasteiger partial charge in [0.1, 0.15) is 16.8 Å². The molecular weight excluding hydrogens is 300 g/mol. The van der Waals surface area contributed by atoms with Gasteiger partial charge in [-0.3, -0.25) is 0 Å². The van der Waals surface area contributed by atoms with Crippen LogP contribution in [0.4, 0.5) is 13.2 Å². The molecule has 0 aliphatic carbocycles. The maximum Gasteiger partial charge on any atom is 0.573 e. The molecule has 0 N–H and O–H groups in total. The van der Waals surface area contributed by atoms with Crippen LogP contribution in [0.3, 0.4) is 0 Å². The Hall–Kier alpha value is -1.00. The van der Waals surface area contributed by atoms with Crippen LogP contribution in [0.25, 0.3) is 0 Å². The van der Waals surface area contributed by atoms with Gasteiger partial charge in [0, 0.05) is 0 Å². The first kappa shape index (κ1) is 12.1. The SMILES string of the molecule is N#Cc1cc(Cl)nc(Br)c1OC(F)(F)F. The van der Waals surface area contributed by atoms with E-state index in [1.807, 2.05) is 0 Å². The fraction of sp³-hybridized carbons (Fsp3) is 0.143. The normalized spacial score (nSPS) is 10.9. The van der Waals surface area contributed by atoms with Gasteiger partial charge in [-0.1, -0.05) is 11.6 Å². The van der Waals surface area contributed by atoms with E-state index in [0.29, 0.717) is 0 Å². The molecule has 1 rings (SSSR count). The predicted octanol–water partition coefficient (Wildman–Crippen LogP) is 3.27. The summed E-state index contributed by atoms with van der Waals surface area (Å²) in [5.41, 5.74) is -0.348. The van der Waals surface area contributed by atoms with E-state index >= 15 is 0 Å². The Bertz CT molecular complexity index is 429. The number of halogens is 5. The minimum atomic E-state index is -4.89. The molecule has 15 heavy (non-hydrogen) atoms. The number of rotatable bonds is 1. The van der Waals surface area contributed by atoms with E-state index in [-0.39, 0.29) is 15.3 Å². The van der Waals surface area contributed by atoms with E-state index in [1.165, 1.54) is 6.07 Å². The van der Waals surface area contributed by atoms with Gasteiger partial charge in [0.15, 0.2) is 10.4 Å². The maximum atomic E-state index is 11.9. The molecule has 0 aliphatic rings. The Morgan fingerprint density at radius 1 is 1.53 bits per heavy atom. The molecule has 0 bridgehead atoms. The molecule has 80 valence electrons. The molecule has 0 aromatic carbocycles. The molecule has 0 unspecified atom stereocenters. The van der Waals surface area contributed by atoms with Crippen molar-refractivity contribution in [3.8, 4) is 11.8 Å². The highest BCUT2D eigenvalue weighted by atomic mass is 79.9. The summed E-state index contributed by atoms with van der Waals surface area (Å²) >= 11 is 8.16. The second-order valence-corrected chi connectivity index (χ2v) is 3.41. The van der Waals surface area contributed by atoms with Gasteiger partial charge in [-0.25, -0.2) is 4.98 Å². The van der Waals surface area contributed by atoms with Gasteiger partial charge in [0.2, 0.25) is 0 Å². The highest BCUT2D eigenvalue weighted by molar-refractivity contribution is 9.10. The number of pyridine rings is 1. The zero-order chi connectivity index (χ0) is 11.6. The largest absolute Gasteiger partial charge is 0.573 e. The zero-order valence-electron chi connectivity index (χ0n) is 6.77. The lowest BCUT2D eigenvalue weighted by molar-refractivity contribution is -0.275. The van der Waals surface area contributed by atoms with Crippen LogP contribution in [0.1, 0.15) is 5.56 Å². The molecule has 1 heterocycles. The van der Waals surface area contributed by atoms with Crippen LogP contribution in [0.15, 0.2) is 10.7 Å². The van der Waals surface area contributed by atoms with Crippen LogP contribution in [-0.4, -0.2) is 11.3 Å². The summed E-state index contributed by atoms with van der Waals surface area (Å²) < 4.78 is 39.1. The van der Waals surface area contributed by atoms with Gasteiger partial charge >= 0.3 is 6.36 Å². The van der Waals surface area contributed by atoms with E-state index in [4.69, 9.17) is 16.9 Å². The molecule has 0 aliphatic heterocycles. The van der Waals surface area contributed by atoms with E-state index < -0.39 is 12.1 Å². The first-order valence-electron chi connectivity index (χ1n) is 3.35. The summed E-state index contributed by atoms with van der Waals surface area (Å²) in [7, 11) is 0. The standard InChI is InChI=1S/C7HBrClF3N2O/c8-6-5(15-7(10,11)12)3(2-13)1-4(9)14-6/h1H. The first-order chi connectivity index (χ1) is 6.83. The average molecular weight is 301 g/mol. The van der Waals surface area contributed by atoms with Crippen molar-refractivity contribution in [3.05, 3.63) is 21.4 Å². The number of nitriles is 1. The van der Waals surface area contributed by atoms with Gasteiger partial charge in [-0.15, -0.1) is 13.2 Å². The summed E-state index contributed by atoms with van der Waals surface area (Å²) in [6.45, 7) is 0. The van der Waals surface area contributed by atoms with E-state index in [0.717, 1.165) is 6.07 Å². The lowest BCUT2D eigenvalue weighted by atomic mass is 10.3. The third-order valence-corrected chi connectivity index (χ3v) is 1.97. The lowest BCUT2D eigenvalue weighted by Gasteiger charge is -2.11. The molecule has 1 aromatic rings. The Morgan fingerprint density at radius 3 is 2.60 bits per heavy atom. The van der Waals surface area contributed by atoms with Crippen molar-refractivity contribution in [2.75, 3.05) is 0 Å².